The molecule has 0 N–H and O–H groups in total. The molecule has 0 spiro atoms. The van der Waals surface area contributed by atoms with Crippen LogP contribution in [0, 0.1) is 12.7 Å². The Kier molecular flexibility index (Phi) is 6.60. The predicted molar refractivity (Wildman–Crippen MR) is 130 cm³/mol. The molecule has 168 valence electrons. The molecular formula is C26H24FN3O2S. The van der Waals surface area contributed by atoms with Gasteiger partial charge in [-0.2, -0.15) is 0 Å². The molecule has 1 amide bonds. The number of fused-ring (bicyclic) bond motifs is 1. The Balaban J connectivity index is 1.71. The number of hydrogen-bond donors (Lipinski definition) is 0. The minimum absolute atomic E-state index is 0.0899. The number of carbonyl (C=O) groups is 1. The molecule has 0 saturated carbocycles. The van der Waals surface area contributed by atoms with Gasteiger partial charge in [-0.1, -0.05) is 60.3 Å². The van der Waals surface area contributed by atoms with E-state index in [0.29, 0.717) is 33.9 Å². The number of hydrogen-bond acceptors (Lipinski definition) is 4. The first-order chi connectivity index (χ1) is 15.8. The van der Waals surface area contributed by atoms with Gasteiger partial charge in [0.25, 0.3) is 5.56 Å². The van der Waals surface area contributed by atoms with Crippen molar-refractivity contribution in [3.63, 3.8) is 0 Å². The number of amides is 1. The van der Waals surface area contributed by atoms with E-state index >= 15 is 0 Å². The average molecular weight is 462 g/mol. The van der Waals surface area contributed by atoms with Crippen LogP contribution >= 0.6 is 11.8 Å². The van der Waals surface area contributed by atoms with Gasteiger partial charge in [0, 0.05) is 13.6 Å². The first-order valence-electron chi connectivity index (χ1n) is 10.6. The van der Waals surface area contributed by atoms with E-state index in [-0.39, 0.29) is 11.5 Å². The lowest BCUT2D eigenvalue weighted by molar-refractivity contribution is -0.129. The zero-order valence-corrected chi connectivity index (χ0v) is 19.5. The summed E-state index contributed by atoms with van der Waals surface area (Å²) in [5.41, 5.74) is 2.12. The van der Waals surface area contributed by atoms with Gasteiger partial charge in [0.15, 0.2) is 5.16 Å². The molecule has 4 rings (SSSR count). The number of aryl methyl sites for hydroxylation is 1. The fourth-order valence-corrected chi connectivity index (χ4v) is 4.64. The molecule has 0 radical (unpaired) electrons. The highest BCUT2D eigenvalue weighted by Crippen LogP contribution is 2.27. The Labute approximate surface area is 195 Å². The van der Waals surface area contributed by atoms with E-state index in [1.807, 2.05) is 30.3 Å². The molecule has 33 heavy (non-hydrogen) atoms. The molecular weight excluding hydrogens is 437 g/mol. The molecule has 0 unspecified atom stereocenters. The van der Waals surface area contributed by atoms with Crippen molar-refractivity contribution in [1.82, 2.24) is 14.5 Å². The van der Waals surface area contributed by atoms with Gasteiger partial charge in [-0.15, -0.1) is 0 Å². The summed E-state index contributed by atoms with van der Waals surface area (Å²) in [7, 11) is 1.75. The van der Waals surface area contributed by atoms with E-state index in [0.717, 1.165) is 5.56 Å². The maximum atomic E-state index is 14.3. The van der Waals surface area contributed by atoms with Crippen molar-refractivity contribution in [3.8, 4) is 5.69 Å². The number of thioether (sulfide) groups is 1. The Hall–Kier alpha value is -3.45. The summed E-state index contributed by atoms with van der Waals surface area (Å²) in [5.74, 6) is -0.497. The van der Waals surface area contributed by atoms with Crippen molar-refractivity contribution in [1.29, 1.82) is 0 Å². The summed E-state index contributed by atoms with van der Waals surface area (Å²) in [6.07, 6.45) is 0. The smallest absolute Gasteiger partial charge is 0.266 e. The Bertz CT molecular complexity index is 1370. The van der Waals surface area contributed by atoms with Crippen LogP contribution in [0.2, 0.25) is 0 Å². The number of halogens is 1. The zero-order valence-electron chi connectivity index (χ0n) is 18.7. The molecule has 5 nitrogen and oxygen atoms in total. The van der Waals surface area contributed by atoms with Crippen LogP contribution < -0.4 is 5.56 Å². The third kappa shape index (κ3) is 4.83. The van der Waals surface area contributed by atoms with Gasteiger partial charge in [-0.05, 0) is 49.2 Å². The highest BCUT2D eigenvalue weighted by Gasteiger charge is 2.23. The van der Waals surface area contributed by atoms with Crippen LogP contribution in [0.4, 0.5) is 4.39 Å². The summed E-state index contributed by atoms with van der Waals surface area (Å²) < 4.78 is 15.7. The van der Waals surface area contributed by atoms with E-state index < -0.39 is 11.1 Å². The second-order valence-electron chi connectivity index (χ2n) is 7.93. The molecule has 1 heterocycles. The van der Waals surface area contributed by atoms with Crippen LogP contribution in [0.5, 0.6) is 0 Å². The van der Waals surface area contributed by atoms with Gasteiger partial charge in [-0.3, -0.25) is 14.2 Å². The number of nitrogens with zero attached hydrogens (tertiary/aromatic N) is 3. The monoisotopic (exact) mass is 461 g/mol. The lowest BCUT2D eigenvalue weighted by Gasteiger charge is -2.22. The number of para-hydroxylation sites is 1. The number of benzene rings is 3. The molecule has 1 aromatic heterocycles. The van der Waals surface area contributed by atoms with Crippen molar-refractivity contribution >= 4 is 28.6 Å². The van der Waals surface area contributed by atoms with E-state index in [1.54, 1.807) is 62.2 Å². The van der Waals surface area contributed by atoms with Gasteiger partial charge < -0.3 is 4.90 Å². The van der Waals surface area contributed by atoms with Crippen LogP contribution in [0.3, 0.4) is 0 Å². The minimum atomic E-state index is -0.506. The first-order valence-corrected chi connectivity index (χ1v) is 11.5. The maximum absolute atomic E-state index is 14.3. The lowest BCUT2D eigenvalue weighted by Crippen LogP contribution is -2.33. The number of rotatable bonds is 6. The van der Waals surface area contributed by atoms with Crippen LogP contribution in [0.1, 0.15) is 18.1 Å². The topological polar surface area (TPSA) is 55.2 Å². The summed E-state index contributed by atoms with van der Waals surface area (Å²) >= 11 is 1.19. The molecule has 1 atom stereocenters. The van der Waals surface area contributed by atoms with Crippen LogP contribution in [-0.4, -0.2) is 32.7 Å². The molecule has 0 aliphatic carbocycles. The van der Waals surface area contributed by atoms with Gasteiger partial charge in [-0.25, -0.2) is 9.37 Å². The second-order valence-corrected chi connectivity index (χ2v) is 9.23. The SMILES string of the molecule is Cc1ccc(-n2c(S[C@@H](C)C(=O)N(C)Cc3ccccc3)nc3ccccc3c2=O)cc1F. The molecule has 0 saturated heterocycles. The highest BCUT2D eigenvalue weighted by molar-refractivity contribution is 8.00. The minimum Gasteiger partial charge on any atom is -0.340 e. The van der Waals surface area contributed by atoms with E-state index in [1.165, 1.54) is 22.4 Å². The van der Waals surface area contributed by atoms with Crippen LogP contribution in [0.25, 0.3) is 16.6 Å². The Morgan fingerprint density at radius 3 is 2.52 bits per heavy atom. The third-order valence-corrected chi connectivity index (χ3v) is 6.47. The molecule has 3 aromatic carbocycles. The molecule has 0 bridgehead atoms. The van der Waals surface area contributed by atoms with Gasteiger partial charge in [0.05, 0.1) is 21.8 Å². The van der Waals surface area contributed by atoms with Crippen molar-refractivity contribution < 1.29 is 9.18 Å². The van der Waals surface area contributed by atoms with Gasteiger partial charge >= 0.3 is 0 Å². The summed E-state index contributed by atoms with van der Waals surface area (Å²) in [6.45, 7) is 3.93. The maximum Gasteiger partial charge on any atom is 0.266 e. The molecule has 7 heteroatoms. The standard InChI is InChI=1S/C26H24FN3O2S/c1-17-13-14-20(15-22(17)27)30-25(32)21-11-7-8-12-23(21)28-26(30)33-18(2)24(31)29(3)16-19-9-5-4-6-10-19/h4-15,18H,16H2,1-3H3/t18-/m0/s1. The van der Waals surface area contributed by atoms with Gasteiger partial charge in [0.2, 0.25) is 5.91 Å². The van der Waals surface area contributed by atoms with E-state index in [9.17, 15) is 14.0 Å². The van der Waals surface area contributed by atoms with Crippen molar-refractivity contribution in [2.24, 2.45) is 0 Å². The van der Waals surface area contributed by atoms with Crippen molar-refractivity contribution in [2.45, 2.75) is 30.8 Å². The molecule has 4 aromatic rings. The molecule has 0 aliphatic rings. The van der Waals surface area contributed by atoms with Crippen molar-refractivity contribution in [3.05, 3.63) is 100 Å². The average Bonchev–Trinajstić information content (AvgIpc) is 2.81. The summed E-state index contributed by atoms with van der Waals surface area (Å²) in [6, 6.07) is 21.4. The largest absolute Gasteiger partial charge is 0.340 e. The Morgan fingerprint density at radius 1 is 1.09 bits per heavy atom. The first kappa shape index (κ1) is 22.7. The summed E-state index contributed by atoms with van der Waals surface area (Å²) in [5, 5.41) is 0.271. The van der Waals surface area contributed by atoms with E-state index in [2.05, 4.69) is 4.98 Å². The predicted octanol–water partition coefficient (Wildman–Crippen LogP) is 4.97. The summed E-state index contributed by atoms with van der Waals surface area (Å²) in [4.78, 5) is 32.8. The molecule has 0 aliphatic heterocycles. The quantitative estimate of drug-likeness (QED) is 0.300. The third-order valence-electron chi connectivity index (χ3n) is 5.43. The van der Waals surface area contributed by atoms with Crippen LogP contribution in [0.15, 0.2) is 82.7 Å². The lowest BCUT2D eigenvalue weighted by atomic mass is 10.2. The fraction of sp³-hybridized carbons (Fsp3) is 0.192. The van der Waals surface area contributed by atoms with E-state index in [4.69, 9.17) is 0 Å². The normalized spacial score (nSPS) is 12.0. The highest BCUT2D eigenvalue weighted by atomic mass is 32.2. The number of carbonyl (C=O) groups excluding carboxylic acids is 1. The Morgan fingerprint density at radius 2 is 1.79 bits per heavy atom. The fourth-order valence-electron chi connectivity index (χ4n) is 3.59. The number of aromatic nitrogens is 2. The van der Waals surface area contributed by atoms with Crippen molar-refractivity contribution in [2.75, 3.05) is 7.05 Å². The second kappa shape index (κ2) is 9.58. The zero-order chi connectivity index (χ0) is 23.5. The molecule has 0 fully saturated rings. The van der Waals surface area contributed by atoms with Crippen LogP contribution in [-0.2, 0) is 11.3 Å². The van der Waals surface area contributed by atoms with Gasteiger partial charge in [0.1, 0.15) is 5.82 Å².